The second kappa shape index (κ2) is 1.94. The van der Waals surface area contributed by atoms with E-state index in [9.17, 15) is 0 Å². The molecule has 0 saturated carbocycles. The normalized spacial score (nSPS) is 16.0. The summed E-state index contributed by atoms with van der Waals surface area (Å²) in [5, 5.41) is 2.04. The number of fused-ring (bicyclic) bond motifs is 3. The Labute approximate surface area is 68.7 Å². The Morgan fingerprint density at radius 2 is 2.33 bits per heavy atom. The van der Waals surface area contributed by atoms with Crippen LogP contribution < -0.4 is 15.3 Å². The number of aliphatic imine (C=N–C) groups is 1. The fourth-order valence-corrected chi connectivity index (χ4v) is 1.49. The summed E-state index contributed by atoms with van der Waals surface area (Å²) in [6.45, 7) is 0.444. The minimum absolute atomic E-state index is 0.444. The van der Waals surface area contributed by atoms with Crippen LogP contribution in [0, 0.1) is 0 Å². The van der Waals surface area contributed by atoms with Crippen LogP contribution in [0.5, 0.6) is 5.75 Å². The van der Waals surface area contributed by atoms with E-state index in [1.54, 1.807) is 6.21 Å². The third-order valence-electron chi connectivity index (χ3n) is 2.05. The van der Waals surface area contributed by atoms with Gasteiger partial charge in [-0.1, -0.05) is 0 Å². The summed E-state index contributed by atoms with van der Waals surface area (Å²) in [6.07, 6.45) is 3.76. The predicted molar refractivity (Wildman–Crippen MR) is 45.3 cm³/mol. The van der Waals surface area contributed by atoms with Gasteiger partial charge in [-0.05, 0) is 18.2 Å². The van der Waals surface area contributed by atoms with E-state index in [1.165, 1.54) is 0 Å². The SMILES string of the molecule is C1=Nc2ccc3c(c2=C1)=NCO3. The fourth-order valence-electron chi connectivity index (χ4n) is 1.49. The molecule has 3 heteroatoms. The van der Waals surface area contributed by atoms with Crippen molar-refractivity contribution >= 4 is 18.0 Å². The van der Waals surface area contributed by atoms with Gasteiger partial charge >= 0.3 is 0 Å². The molecular weight excluding hydrogens is 152 g/mol. The van der Waals surface area contributed by atoms with Crippen LogP contribution in [0.15, 0.2) is 22.1 Å². The molecule has 0 aliphatic carbocycles. The highest BCUT2D eigenvalue weighted by atomic mass is 16.5. The highest BCUT2D eigenvalue weighted by Crippen LogP contribution is 2.12. The number of rotatable bonds is 0. The van der Waals surface area contributed by atoms with Gasteiger partial charge in [-0.25, -0.2) is 4.99 Å². The molecule has 3 nitrogen and oxygen atoms in total. The molecule has 0 bridgehead atoms. The van der Waals surface area contributed by atoms with Gasteiger partial charge < -0.3 is 4.74 Å². The number of nitrogens with zero attached hydrogens (tertiary/aromatic N) is 2. The summed E-state index contributed by atoms with van der Waals surface area (Å²) in [4.78, 5) is 8.42. The number of ether oxygens (including phenoxy) is 1. The lowest BCUT2D eigenvalue weighted by Gasteiger charge is -1.94. The summed E-state index contributed by atoms with van der Waals surface area (Å²) in [5.41, 5.74) is 0.989. The Hall–Kier alpha value is -1.64. The summed E-state index contributed by atoms with van der Waals surface area (Å²) in [6, 6.07) is 3.87. The first-order valence-electron chi connectivity index (χ1n) is 3.80. The lowest BCUT2D eigenvalue weighted by molar-refractivity contribution is 0.352. The zero-order chi connectivity index (χ0) is 7.97. The van der Waals surface area contributed by atoms with Crippen LogP contribution in [0.3, 0.4) is 0 Å². The van der Waals surface area contributed by atoms with Gasteiger partial charge in [0.1, 0.15) is 11.1 Å². The summed E-state index contributed by atoms with van der Waals surface area (Å²) < 4.78 is 5.28. The van der Waals surface area contributed by atoms with Crippen molar-refractivity contribution in [3.8, 4) is 5.75 Å². The van der Waals surface area contributed by atoms with Crippen LogP contribution in [0.4, 0.5) is 5.69 Å². The predicted octanol–water partition coefficient (Wildman–Crippen LogP) is 0.153. The van der Waals surface area contributed by atoms with E-state index in [0.717, 1.165) is 22.0 Å². The summed E-state index contributed by atoms with van der Waals surface area (Å²) >= 11 is 0. The van der Waals surface area contributed by atoms with Gasteiger partial charge in [-0.3, -0.25) is 4.99 Å². The van der Waals surface area contributed by atoms with Crippen molar-refractivity contribution < 1.29 is 4.74 Å². The molecule has 12 heavy (non-hydrogen) atoms. The lowest BCUT2D eigenvalue weighted by Crippen LogP contribution is -2.22. The molecule has 0 fully saturated rings. The van der Waals surface area contributed by atoms with Crippen molar-refractivity contribution in [2.45, 2.75) is 0 Å². The Bertz CT molecular complexity index is 488. The zero-order valence-corrected chi connectivity index (χ0v) is 6.32. The van der Waals surface area contributed by atoms with E-state index in [0.29, 0.717) is 6.73 Å². The molecule has 0 amide bonds. The van der Waals surface area contributed by atoms with E-state index in [2.05, 4.69) is 9.98 Å². The first kappa shape index (κ1) is 5.94. The molecule has 0 aromatic heterocycles. The Morgan fingerprint density at radius 1 is 1.33 bits per heavy atom. The smallest absolute Gasteiger partial charge is 0.180 e. The number of benzene rings is 1. The van der Waals surface area contributed by atoms with Crippen LogP contribution in [-0.4, -0.2) is 12.9 Å². The number of hydrogen-bond acceptors (Lipinski definition) is 3. The fraction of sp³-hybridized carbons (Fsp3) is 0.111. The van der Waals surface area contributed by atoms with Crippen LogP contribution in [0.25, 0.3) is 6.08 Å². The van der Waals surface area contributed by atoms with E-state index >= 15 is 0 Å². The minimum Gasteiger partial charge on any atom is -0.469 e. The van der Waals surface area contributed by atoms with Crippen molar-refractivity contribution in [2.24, 2.45) is 9.98 Å². The van der Waals surface area contributed by atoms with E-state index in [-0.39, 0.29) is 0 Å². The average molecular weight is 158 g/mol. The van der Waals surface area contributed by atoms with Gasteiger partial charge in [0, 0.05) is 11.4 Å². The van der Waals surface area contributed by atoms with Crippen molar-refractivity contribution in [2.75, 3.05) is 6.73 Å². The average Bonchev–Trinajstić information content (AvgIpc) is 2.71. The van der Waals surface area contributed by atoms with Gasteiger partial charge in [0.2, 0.25) is 0 Å². The van der Waals surface area contributed by atoms with Gasteiger partial charge in [0.05, 0.1) is 5.69 Å². The highest BCUT2D eigenvalue weighted by molar-refractivity contribution is 5.96. The topological polar surface area (TPSA) is 34.0 Å². The molecule has 2 heterocycles. The zero-order valence-electron chi connectivity index (χ0n) is 6.32. The maximum absolute atomic E-state index is 5.28. The minimum atomic E-state index is 0.444. The standard InChI is InChI=1S/C9H6N2O/c1-2-8-9(11-5-12-8)6-3-4-10-7(1)6/h1-4H,5H2. The molecule has 0 atom stereocenters. The largest absolute Gasteiger partial charge is 0.469 e. The molecule has 2 aliphatic rings. The Kier molecular flexibility index (Phi) is 0.961. The van der Waals surface area contributed by atoms with Gasteiger partial charge in [-0.15, -0.1) is 0 Å². The van der Waals surface area contributed by atoms with Crippen LogP contribution >= 0.6 is 0 Å². The van der Waals surface area contributed by atoms with Crippen molar-refractivity contribution in [3.05, 3.63) is 22.7 Å². The first-order chi connectivity index (χ1) is 5.95. The second-order valence-corrected chi connectivity index (χ2v) is 2.72. The van der Waals surface area contributed by atoms with Crippen LogP contribution in [0.2, 0.25) is 0 Å². The van der Waals surface area contributed by atoms with E-state index in [4.69, 9.17) is 4.74 Å². The van der Waals surface area contributed by atoms with Gasteiger partial charge in [-0.2, -0.15) is 0 Å². The summed E-state index contributed by atoms with van der Waals surface area (Å²) in [5.74, 6) is 0.871. The van der Waals surface area contributed by atoms with Gasteiger partial charge in [0.15, 0.2) is 6.73 Å². The molecule has 0 N–H and O–H groups in total. The van der Waals surface area contributed by atoms with E-state index in [1.807, 2.05) is 18.2 Å². The van der Waals surface area contributed by atoms with Crippen LogP contribution in [-0.2, 0) is 0 Å². The monoisotopic (exact) mass is 158 g/mol. The number of hydrogen-bond donors (Lipinski definition) is 0. The molecule has 0 saturated heterocycles. The third-order valence-corrected chi connectivity index (χ3v) is 2.05. The quantitative estimate of drug-likeness (QED) is 0.529. The molecule has 1 aromatic carbocycles. The van der Waals surface area contributed by atoms with E-state index < -0.39 is 0 Å². The van der Waals surface area contributed by atoms with Gasteiger partial charge in [0.25, 0.3) is 0 Å². The molecule has 0 radical (unpaired) electrons. The molecule has 3 rings (SSSR count). The molecule has 2 aliphatic heterocycles. The maximum Gasteiger partial charge on any atom is 0.180 e. The molecule has 1 aromatic rings. The Balaban J connectivity index is 2.54. The van der Waals surface area contributed by atoms with Crippen molar-refractivity contribution in [1.82, 2.24) is 0 Å². The van der Waals surface area contributed by atoms with Crippen LogP contribution in [0.1, 0.15) is 0 Å². The van der Waals surface area contributed by atoms with Crippen molar-refractivity contribution in [3.63, 3.8) is 0 Å². The first-order valence-corrected chi connectivity index (χ1v) is 3.80. The molecule has 0 spiro atoms. The molecule has 58 valence electrons. The summed E-state index contributed by atoms with van der Waals surface area (Å²) in [7, 11) is 0. The lowest BCUT2D eigenvalue weighted by atomic mass is 10.2. The van der Waals surface area contributed by atoms with Crippen molar-refractivity contribution in [1.29, 1.82) is 0 Å². The second-order valence-electron chi connectivity index (χ2n) is 2.72. The maximum atomic E-state index is 5.28. The third kappa shape index (κ3) is 0.605. The molecular formula is C9H6N2O. The molecule has 0 unspecified atom stereocenters. The Morgan fingerprint density at radius 3 is 3.33 bits per heavy atom. The highest BCUT2D eigenvalue weighted by Gasteiger charge is 2.09.